The normalized spacial score (nSPS) is 16.6. The van der Waals surface area contributed by atoms with Crippen LogP contribution in [0, 0.1) is 0 Å². The molecular weight excluding hydrogens is 254 g/mol. The summed E-state index contributed by atoms with van der Waals surface area (Å²) in [4.78, 5) is 6.66. The maximum Gasteiger partial charge on any atom is 0.199 e. The SMILES string of the molecule is NCCCN(c1cncc2nnnn12)C1CCCCC1. The molecule has 20 heavy (non-hydrogen) atoms. The maximum atomic E-state index is 5.69. The van der Waals surface area contributed by atoms with Gasteiger partial charge in [0, 0.05) is 12.6 Å². The first kappa shape index (κ1) is 13.2. The van der Waals surface area contributed by atoms with E-state index in [-0.39, 0.29) is 0 Å². The number of aromatic nitrogens is 5. The first-order valence-corrected chi connectivity index (χ1v) is 7.39. The maximum absolute atomic E-state index is 5.69. The van der Waals surface area contributed by atoms with E-state index in [9.17, 15) is 0 Å². The monoisotopic (exact) mass is 275 g/mol. The largest absolute Gasteiger partial charge is 0.352 e. The molecule has 0 unspecified atom stereocenters. The molecule has 0 bridgehead atoms. The number of nitrogens with zero attached hydrogens (tertiary/aromatic N) is 6. The van der Waals surface area contributed by atoms with E-state index in [4.69, 9.17) is 5.73 Å². The molecule has 7 heteroatoms. The van der Waals surface area contributed by atoms with Crippen LogP contribution in [0.3, 0.4) is 0 Å². The van der Waals surface area contributed by atoms with E-state index in [2.05, 4.69) is 25.4 Å². The van der Waals surface area contributed by atoms with Gasteiger partial charge in [0.1, 0.15) is 0 Å². The Morgan fingerprint density at radius 1 is 1.25 bits per heavy atom. The van der Waals surface area contributed by atoms with Crippen LogP contribution in [-0.4, -0.2) is 44.2 Å². The fourth-order valence-electron chi connectivity index (χ4n) is 3.00. The minimum atomic E-state index is 0.548. The number of anilines is 1. The third kappa shape index (κ3) is 2.58. The summed E-state index contributed by atoms with van der Waals surface area (Å²) in [6, 6.07) is 0.548. The molecule has 7 nitrogen and oxygen atoms in total. The average molecular weight is 275 g/mol. The average Bonchev–Trinajstić information content (AvgIpc) is 2.98. The first-order valence-electron chi connectivity index (χ1n) is 7.39. The van der Waals surface area contributed by atoms with Crippen molar-refractivity contribution in [2.45, 2.75) is 44.6 Å². The first-order chi connectivity index (χ1) is 9.90. The van der Waals surface area contributed by atoms with Gasteiger partial charge < -0.3 is 10.6 Å². The van der Waals surface area contributed by atoms with Gasteiger partial charge in [-0.3, -0.25) is 4.98 Å². The number of nitrogens with two attached hydrogens (primary N) is 1. The summed E-state index contributed by atoms with van der Waals surface area (Å²) < 4.78 is 1.78. The molecule has 1 saturated carbocycles. The fourth-order valence-corrected chi connectivity index (χ4v) is 3.00. The van der Waals surface area contributed by atoms with Gasteiger partial charge in [-0.25, -0.2) is 0 Å². The molecule has 1 aliphatic carbocycles. The highest BCUT2D eigenvalue weighted by molar-refractivity contribution is 5.46. The van der Waals surface area contributed by atoms with Crippen molar-refractivity contribution in [3.8, 4) is 0 Å². The lowest BCUT2D eigenvalue weighted by molar-refractivity contribution is 0.409. The number of rotatable bonds is 5. The van der Waals surface area contributed by atoms with Crippen LogP contribution in [-0.2, 0) is 0 Å². The molecule has 0 radical (unpaired) electrons. The van der Waals surface area contributed by atoms with Crippen molar-refractivity contribution in [1.29, 1.82) is 0 Å². The van der Waals surface area contributed by atoms with Crippen molar-refractivity contribution in [1.82, 2.24) is 25.0 Å². The lowest BCUT2D eigenvalue weighted by Gasteiger charge is -2.35. The Morgan fingerprint density at radius 2 is 2.10 bits per heavy atom. The smallest absolute Gasteiger partial charge is 0.199 e. The molecule has 1 fully saturated rings. The summed E-state index contributed by atoms with van der Waals surface area (Å²) in [7, 11) is 0. The summed E-state index contributed by atoms with van der Waals surface area (Å²) in [6.45, 7) is 1.63. The predicted molar refractivity (Wildman–Crippen MR) is 76.5 cm³/mol. The summed E-state index contributed by atoms with van der Waals surface area (Å²) in [5, 5.41) is 11.8. The van der Waals surface area contributed by atoms with Gasteiger partial charge in [-0.05, 0) is 36.2 Å². The van der Waals surface area contributed by atoms with Crippen molar-refractivity contribution in [3.05, 3.63) is 12.4 Å². The van der Waals surface area contributed by atoms with Crippen LogP contribution >= 0.6 is 0 Å². The zero-order valence-electron chi connectivity index (χ0n) is 11.6. The van der Waals surface area contributed by atoms with Crippen LogP contribution in [0.15, 0.2) is 12.4 Å². The Kier molecular flexibility index (Phi) is 4.05. The summed E-state index contributed by atoms with van der Waals surface area (Å²) in [5.41, 5.74) is 6.38. The molecule has 0 aliphatic heterocycles. The topological polar surface area (TPSA) is 85.2 Å². The molecule has 2 heterocycles. The molecule has 0 atom stereocenters. The molecular formula is C13H21N7. The molecule has 2 aromatic heterocycles. The Morgan fingerprint density at radius 3 is 2.90 bits per heavy atom. The molecule has 0 aromatic carbocycles. The van der Waals surface area contributed by atoms with Crippen LogP contribution in [0.5, 0.6) is 0 Å². The van der Waals surface area contributed by atoms with Crippen molar-refractivity contribution < 1.29 is 0 Å². The van der Waals surface area contributed by atoms with Crippen LogP contribution in [0.2, 0.25) is 0 Å². The lowest BCUT2D eigenvalue weighted by atomic mass is 9.94. The van der Waals surface area contributed by atoms with Gasteiger partial charge in [0.25, 0.3) is 0 Å². The molecule has 0 amide bonds. The van der Waals surface area contributed by atoms with Crippen LogP contribution in [0.25, 0.3) is 5.65 Å². The quantitative estimate of drug-likeness (QED) is 0.876. The lowest BCUT2D eigenvalue weighted by Crippen LogP contribution is -2.39. The summed E-state index contributed by atoms with van der Waals surface area (Å²) in [6.07, 6.45) is 10.9. The predicted octanol–water partition coefficient (Wildman–Crippen LogP) is 1.01. The highest BCUT2D eigenvalue weighted by Gasteiger charge is 2.23. The highest BCUT2D eigenvalue weighted by atomic mass is 15.5. The number of fused-ring (bicyclic) bond motifs is 1. The number of hydrogen-bond acceptors (Lipinski definition) is 6. The van der Waals surface area contributed by atoms with Crippen molar-refractivity contribution >= 4 is 11.5 Å². The third-order valence-corrected chi connectivity index (χ3v) is 4.00. The van der Waals surface area contributed by atoms with Gasteiger partial charge >= 0.3 is 0 Å². The van der Waals surface area contributed by atoms with Crippen LogP contribution < -0.4 is 10.6 Å². The second-order valence-electron chi connectivity index (χ2n) is 5.34. The van der Waals surface area contributed by atoms with Gasteiger partial charge in [0.15, 0.2) is 11.5 Å². The zero-order chi connectivity index (χ0) is 13.8. The number of hydrogen-bond donors (Lipinski definition) is 1. The second-order valence-corrected chi connectivity index (χ2v) is 5.34. The van der Waals surface area contributed by atoms with Crippen molar-refractivity contribution in [3.63, 3.8) is 0 Å². The Labute approximate surface area is 118 Å². The van der Waals surface area contributed by atoms with Gasteiger partial charge in [0.2, 0.25) is 0 Å². The Hall–Kier alpha value is -1.76. The van der Waals surface area contributed by atoms with Gasteiger partial charge in [-0.15, -0.1) is 5.10 Å². The summed E-state index contributed by atoms with van der Waals surface area (Å²) in [5.74, 6) is 0.979. The van der Waals surface area contributed by atoms with E-state index in [1.807, 2.05) is 6.20 Å². The zero-order valence-corrected chi connectivity index (χ0v) is 11.6. The van der Waals surface area contributed by atoms with Gasteiger partial charge in [0.05, 0.1) is 12.4 Å². The fraction of sp³-hybridized carbons (Fsp3) is 0.692. The molecule has 2 aromatic rings. The van der Waals surface area contributed by atoms with E-state index < -0.39 is 0 Å². The number of tetrazole rings is 1. The second kappa shape index (κ2) is 6.13. The van der Waals surface area contributed by atoms with E-state index in [1.54, 1.807) is 10.7 Å². The van der Waals surface area contributed by atoms with E-state index in [0.29, 0.717) is 18.2 Å². The minimum Gasteiger partial charge on any atom is -0.352 e. The summed E-state index contributed by atoms with van der Waals surface area (Å²) >= 11 is 0. The van der Waals surface area contributed by atoms with Gasteiger partial charge in [-0.2, -0.15) is 4.52 Å². The Bertz CT molecular complexity index is 546. The molecule has 0 spiro atoms. The van der Waals surface area contributed by atoms with Crippen LogP contribution in [0.1, 0.15) is 38.5 Å². The Balaban J connectivity index is 1.92. The molecule has 1 aliphatic rings. The van der Waals surface area contributed by atoms with E-state index in [1.165, 1.54) is 32.1 Å². The van der Waals surface area contributed by atoms with Crippen LogP contribution in [0.4, 0.5) is 5.82 Å². The molecule has 108 valence electrons. The molecule has 0 saturated heterocycles. The van der Waals surface area contributed by atoms with E-state index in [0.717, 1.165) is 18.8 Å². The van der Waals surface area contributed by atoms with E-state index >= 15 is 0 Å². The third-order valence-electron chi connectivity index (χ3n) is 4.00. The minimum absolute atomic E-state index is 0.548. The standard InChI is InChI=1S/C13H21N7/c14-7-4-8-19(11-5-2-1-3-6-11)13-10-15-9-12-16-17-18-20(12)13/h9-11H,1-8,14H2. The van der Waals surface area contributed by atoms with Crippen molar-refractivity contribution in [2.75, 3.05) is 18.0 Å². The highest BCUT2D eigenvalue weighted by Crippen LogP contribution is 2.27. The van der Waals surface area contributed by atoms with Crippen molar-refractivity contribution in [2.24, 2.45) is 5.73 Å². The molecule has 3 rings (SSSR count). The van der Waals surface area contributed by atoms with Gasteiger partial charge in [-0.1, -0.05) is 19.3 Å². The molecule has 2 N–H and O–H groups in total.